The number of aliphatic imine (C=N–C) groups is 1. The Bertz CT molecular complexity index is 1150. The number of pyridine rings is 1. The molecule has 0 spiro atoms. The van der Waals surface area contributed by atoms with E-state index in [0.717, 1.165) is 28.1 Å². The molecule has 0 saturated carbocycles. The zero-order valence-corrected chi connectivity index (χ0v) is 15.6. The van der Waals surface area contributed by atoms with E-state index in [2.05, 4.69) is 34.2 Å². The number of phenols is 1. The molecule has 0 amide bonds. The Balaban J connectivity index is 1.50. The van der Waals surface area contributed by atoms with Crippen molar-refractivity contribution in [2.45, 2.75) is 5.92 Å². The molecular weight excluding hydrogens is 360 g/mol. The summed E-state index contributed by atoms with van der Waals surface area (Å²) in [7, 11) is 0. The number of fused-ring (bicyclic) bond motifs is 2. The number of para-hydroxylation sites is 2. The fourth-order valence-corrected chi connectivity index (χ4v) is 3.64. The number of hydrogen-bond donors (Lipinski definition) is 1. The maximum atomic E-state index is 9.88. The molecule has 4 aromatic rings. The van der Waals surface area contributed by atoms with Crippen molar-refractivity contribution in [2.24, 2.45) is 4.99 Å². The van der Waals surface area contributed by atoms with Crippen LogP contribution in [0.2, 0.25) is 0 Å². The number of aromatic hydroxyl groups is 1. The Labute approximate surface area is 168 Å². The first-order valence-electron chi connectivity index (χ1n) is 9.43. The van der Waals surface area contributed by atoms with Crippen molar-refractivity contribution in [1.29, 1.82) is 0 Å². The van der Waals surface area contributed by atoms with E-state index in [-0.39, 0.29) is 11.7 Å². The second-order valence-electron chi connectivity index (χ2n) is 6.88. The van der Waals surface area contributed by atoms with Gasteiger partial charge in [-0.15, -0.1) is 0 Å². The van der Waals surface area contributed by atoms with E-state index in [4.69, 9.17) is 4.74 Å². The highest BCUT2D eigenvalue weighted by Gasteiger charge is 2.28. The van der Waals surface area contributed by atoms with Gasteiger partial charge in [-0.05, 0) is 42.0 Å². The molecule has 29 heavy (non-hydrogen) atoms. The van der Waals surface area contributed by atoms with E-state index >= 15 is 0 Å². The summed E-state index contributed by atoms with van der Waals surface area (Å²) in [5, 5.41) is 9.88. The first-order valence-corrected chi connectivity index (χ1v) is 9.43. The summed E-state index contributed by atoms with van der Waals surface area (Å²) in [5.41, 5.74) is 4.84. The molecule has 0 bridgehead atoms. The largest absolute Gasteiger partial charge is 0.507 e. The molecule has 1 N–H and O–H groups in total. The van der Waals surface area contributed by atoms with Gasteiger partial charge in [0.15, 0.2) is 0 Å². The van der Waals surface area contributed by atoms with E-state index in [1.54, 1.807) is 24.5 Å². The lowest BCUT2D eigenvalue weighted by Crippen LogP contribution is -2.12. The van der Waals surface area contributed by atoms with E-state index in [1.807, 2.05) is 48.5 Å². The third kappa shape index (κ3) is 3.25. The lowest BCUT2D eigenvalue weighted by molar-refractivity contribution is 0.434. The van der Waals surface area contributed by atoms with Crippen molar-refractivity contribution >= 4 is 11.9 Å². The normalized spacial score (nSPS) is 14.8. The Kier molecular flexibility index (Phi) is 4.30. The maximum absolute atomic E-state index is 9.88. The zero-order chi connectivity index (χ0) is 19.6. The van der Waals surface area contributed by atoms with Crippen LogP contribution in [0.4, 0.5) is 5.69 Å². The number of aromatic nitrogens is 1. The summed E-state index contributed by atoms with van der Waals surface area (Å²) in [4.78, 5) is 8.90. The summed E-state index contributed by atoms with van der Waals surface area (Å²) in [6.07, 6.45) is 3.42. The van der Waals surface area contributed by atoms with E-state index in [9.17, 15) is 5.11 Å². The third-order valence-electron chi connectivity index (χ3n) is 5.06. The molecule has 1 aromatic heterocycles. The number of nitrogens with zero attached hydrogens (tertiary/aromatic N) is 2. The average Bonchev–Trinajstić information content (AvgIpc) is 2.77. The molecular formula is C25H18N2O2. The first kappa shape index (κ1) is 17.2. The molecule has 0 fully saturated rings. The molecule has 0 saturated heterocycles. The highest BCUT2D eigenvalue weighted by atomic mass is 16.5. The van der Waals surface area contributed by atoms with Crippen LogP contribution in [0.1, 0.15) is 28.2 Å². The number of benzene rings is 3. The summed E-state index contributed by atoms with van der Waals surface area (Å²) in [6.45, 7) is 0. The summed E-state index contributed by atoms with van der Waals surface area (Å²) in [6, 6.07) is 27.4. The minimum absolute atomic E-state index is 0.0554. The van der Waals surface area contributed by atoms with Crippen molar-refractivity contribution in [3.8, 4) is 17.4 Å². The van der Waals surface area contributed by atoms with Crippen molar-refractivity contribution in [3.63, 3.8) is 0 Å². The summed E-state index contributed by atoms with van der Waals surface area (Å²) >= 11 is 0. The van der Waals surface area contributed by atoms with Crippen LogP contribution in [0, 0.1) is 0 Å². The van der Waals surface area contributed by atoms with E-state index < -0.39 is 0 Å². The highest BCUT2D eigenvalue weighted by molar-refractivity contribution is 5.85. The van der Waals surface area contributed by atoms with Gasteiger partial charge >= 0.3 is 0 Å². The van der Waals surface area contributed by atoms with Gasteiger partial charge in [0.1, 0.15) is 11.5 Å². The van der Waals surface area contributed by atoms with Gasteiger partial charge in [0.2, 0.25) is 5.88 Å². The van der Waals surface area contributed by atoms with Crippen molar-refractivity contribution < 1.29 is 9.84 Å². The van der Waals surface area contributed by atoms with Gasteiger partial charge in [-0.2, -0.15) is 0 Å². The smallest absolute Gasteiger partial charge is 0.223 e. The molecule has 1 aliphatic rings. The molecule has 5 rings (SSSR count). The van der Waals surface area contributed by atoms with Crippen LogP contribution in [0.25, 0.3) is 0 Å². The lowest BCUT2D eigenvalue weighted by Gasteiger charge is -2.27. The number of hydrogen-bond acceptors (Lipinski definition) is 4. The maximum Gasteiger partial charge on any atom is 0.223 e. The molecule has 4 heteroatoms. The second-order valence-corrected chi connectivity index (χ2v) is 6.88. The fraction of sp³-hybridized carbons (Fsp3) is 0.0400. The van der Waals surface area contributed by atoms with Crippen LogP contribution in [0.5, 0.6) is 17.4 Å². The number of ether oxygens (including phenoxy) is 1. The summed E-state index contributed by atoms with van der Waals surface area (Å²) in [5.74, 6) is 1.76. The van der Waals surface area contributed by atoms with E-state index in [1.165, 1.54) is 0 Å². The number of phenolic OH excluding ortho intramolecular Hbond substituents is 1. The van der Waals surface area contributed by atoms with Crippen molar-refractivity contribution in [2.75, 3.05) is 0 Å². The van der Waals surface area contributed by atoms with Crippen molar-refractivity contribution in [1.82, 2.24) is 4.98 Å². The minimum atomic E-state index is 0.0554. The molecule has 1 aliphatic heterocycles. The van der Waals surface area contributed by atoms with Gasteiger partial charge in [0.05, 0.1) is 5.69 Å². The SMILES string of the molecule is Oc1ccccc1C=Nc1ccc(C2c3ccccc3Oc3ncccc32)cc1. The molecule has 1 unspecified atom stereocenters. The Morgan fingerprint density at radius 3 is 2.45 bits per heavy atom. The molecule has 140 valence electrons. The standard InChI is InChI=1S/C25H18N2O2/c28-22-9-3-1-6-18(22)16-27-19-13-11-17(12-14-19)24-20-7-2-4-10-23(20)29-25-21(24)8-5-15-26-25/h1-16,24,28H. The zero-order valence-electron chi connectivity index (χ0n) is 15.6. The van der Waals surface area contributed by atoms with Gasteiger partial charge < -0.3 is 9.84 Å². The van der Waals surface area contributed by atoms with Gasteiger partial charge in [0, 0.05) is 35.0 Å². The fourth-order valence-electron chi connectivity index (χ4n) is 3.64. The van der Waals surface area contributed by atoms with Gasteiger partial charge in [0.25, 0.3) is 0 Å². The predicted octanol–water partition coefficient (Wildman–Crippen LogP) is 5.82. The monoisotopic (exact) mass is 378 g/mol. The van der Waals surface area contributed by atoms with Crippen LogP contribution in [-0.4, -0.2) is 16.3 Å². The predicted molar refractivity (Wildman–Crippen MR) is 114 cm³/mol. The Hall–Kier alpha value is -3.92. The molecule has 1 atom stereocenters. The van der Waals surface area contributed by atoms with E-state index in [0.29, 0.717) is 11.4 Å². The third-order valence-corrected chi connectivity index (χ3v) is 5.06. The van der Waals surface area contributed by atoms with Crippen LogP contribution < -0.4 is 4.74 Å². The molecule has 4 nitrogen and oxygen atoms in total. The van der Waals surface area contributed by atoms with Crippen LogP contribution >= 0.6 is 0 Å². The number of rotatable bonds is 3. The second kappa shape index (κ2) is 7.24. The Morgan fingerprint density at radius 1 is 0.828 bits per heavy atom. The first-order chi connectivity index (χ1) is 14.3. The van der Waals surface area contributed by atoms with Gasteiger partial charge in [-0.3, -0.25) is 4.99 Å². The van der Waals surface area contributed by atoms with Gasteiger partial charge in [-0.25, -0.2) is 4.98 Å². The molecule has 0 radical (unpaired) electrons. The van der Waals surface area contributed by atoms with Crippen LogP contribution in [0.3, 0.4) is 0 Å². The molecule has 0 aliphatic carbocycles. The minimum Gasteiger partial charge on any atom is -0.507 e. The Morgan fingerprint density at radius 2 is 1.59 bits per heavy atom. The molecule has 2 heterocycles. The van der Waals surface area contributed by atoms with Gasteiger partial charge in [-0.1, -0.05) is 48.5 Å². The topological polar surface area (TPSA) is 54.7 Å². The average molecular weight is 378 g/mol. The van der Waals surface area contributed by atoms with Crippen LogP contribution in [0.15, 0.2) is 96.1 Å². The van der Waals surface area contributed by atoms with Crippen molar-refractivity contribution in [3.05, 3.63) is 113 Å². The lowest BCUT2D eigenvalue weighted by atomic mass is 9.84. The van der Waals surface area contributed by atoms with Crippen LogP contribution in [-0.2, 0) is 0 Å². The highest BCUT2D eigenvalue weighted by Crippen LogP contribution is 2.46. The molecule has 3 aromatic carbocycles. The quantitative estimate of drug-likeness (QED) is 0.402. The summed E-state index contributed by atoms with van der Waals surface area (Å²) < 4.78 is 5.99.